The van der Waals surface area contributed by atoms with Crippen molar-refractivity contribution in [2.75, 3.05) is 20.1 Å². The van der Waals surface area contributed by atoms with Gasteiger partial charge in [-0.2, -0.15) is 0 Å². The Kier molecular flexibility index (Phi) is 3.59. The minimum absolute atomic E-state index is 0.0390. The third kappa shape index (κ3) is 2.74. The van der Waals surface area contributed by atoms with Crippen molar-refractivity contribution in [2.45, 2.75) is 32.1 Å². The Labute approximate surface area is 83.3 Å². The van der Waals surface area contributed by atoms with Crippen molar-refractivity contribution in [2.24, 2.45) is 5.92 Å². The molecular weight excluding hydrogens is 188 g/mol. The number of Topliss-reactive ketones (excluding diaryl/α,β-unsaturated/α-hetero) is 1. The molecule has 4 heteroatoms. The van der Waals surface area contributed by atoms with Gasteiger partial charge in [-0.1, -0.05) is 6.92 Å². The van der Waals surface area contributed by atoms with Gasteiger partial charge in [0.1, 0.15) is 5.78 Å². The molecule has 1 atom stereocenters. The normalized spacial score (nSPS) is 27.6. The molecule has 1 heterocycles. The second-order valence-electron chi connectivity index (χ2n) is 4.08. The van der Waals surface area contributed by atoms with E-state index < -0.39 is 11.8 Å². The van der Waals surface area contributed by atoms with Gasteiger partial charge in [-0.05, 0) is 20.0 Å². The van der Waals surface area contributed by atoms with Crippen LogP contribution < -0.4 is 0 Å². The smallest absolute Gasteiger partial charge is 0.263 e. The molecule has 0 aromatic heterocycles. The second kappa shape index (κ2) is 4.34. The summed E-state index contributed by atoms with van der Waals surface area (Å²) in [6, 6.07) is 0. The van der Waals surface area contributed by atoms with Crippen molar-refractivity contribution in [1.29, 1.82) is 0 Å². The summed E-state index contributed by atoms with van der Waals surface area (Å²) in [4.78, 5) is 12.7. The first-order chi connectivity index (χ1) is 6.45. The maximum Gasteiger partial charge on any atom is 0.263 e. The Morgan fingerprint density at radius 3 is 2.71 bits per heavy atom. The number of carbonyl (C=O) groups is 1. The molecule has 1 aliphatic rings. The number of alkyl halides is 2. The van der Waals surface area contributed by atoms with Crippen LogP contribution in [0, 0.1) is 5.92 Å². The first-order valence-electron chi connectivity index (χ1n) is 5.03. The van der Waals surface area contributed by atoms with Crippen molar-refractivity contribution in [3.63, 3.8) is 0 Å². The number of carbonyl (C=O) groups excluding carboxylic acids is 1. The fourth-order valence-corrected chi connectivity index (χ4v) is 1.83. The molecule has 0 N–H and O–H groups in total. The van der Waals surface area contributed by atoms with E-state index in [1.807, 2.05) is 0 Å². The van der Waals surface area contributed by atoms with Crippen LogP contribution in [-0.2, 0) is 4.79 Å². The van der Waals surface area contributed by atoms with E-state index in [-0.39, 0.29) is 18.7 Å². The molecule has 0 unspecified atom stereocenters. The molecule has 14 heavy (non-hydrogen) atoms. The van der Waals surface area contributed by atoms with Crippen molar-refractivity contribution in [3.05, 3.63) is 0 Å². The van der Waals surface area contributed by atoms with Crippen LogP contribution in [0.1, 0.15) is 26.2 Å². The van der Waals surface area contributed by atoms with Crippen LogP contribution in [-0.4, -0.2) is 36.7 Å². The van der Waals surface area contributed by atoms with Gasteiger partial charge >= 0.3 is 0 Å². The Bertz CT molecular complexity index is 218. The van der Waals surface area contributed by atoms with Gasteiger partial charge in [0.05, 0.1) is 6.54 Å². The third-order valence-electron chi connectivity index (χ3n) is 2.81. The standard InChI is InChI=1S/C10H17F2NO/c1-3-9(14)6-8-4-5-13(2)7-10(8,11)12/h8H,3-7H2,1-2H3/t8-/m1/s1. The van der Waals surface area contributed by atoms with Crippen LogP contribution in [0.3, 0.4) is 0 Å². The van der Waals surface area contributed by atoms with Gasteiger partial charge in [0.25, 0.3) is 5.92 Å². The molecule has 1 rings (SSSR count). The fraction of sp³-hybridized carbons (Fsp3) is 0.900. The lowest BCUT2D eigenvalue weighted by Crippen LogP contribution is -2.47. The molecule has 0 amide bonds. The highest BCUT2D eigenvalue weighted by molar-refractivity contribution is 5.78. The van der Waals surface area contributed by atoms with Crippen LogP contribution in [0.4, 0.5) is 8.78 Å². The summed E-state index contributed by atoms with van der Waals surface area (Å²) in [5.41, 5.74) is 0. The number of rotatable bonds is 3. The topological polar surface area (TPSA) is 20.3 Å². The first kappa shape index (κ1) is 11.6. The highest BCUT2D eigenvalue weighted by Gasteiger charge is 2.43. The summed E-state index contributed by atoms with van der Waals surface area (Å²) in [6.07, 6.45) is 0.828. The number of likely N-dealkylation sites (tertiary alicyclic amines) is 1. The predicted octanol–water partition coefficient (Wildman–Crippen LogP) is 1.94. The maximum absolute atomic E-state index is 13.4. The zero-order valence-electron chi connectivity index (χ0n) is 8.72. The highest BCUT2D eigenvalue weighted by Crippen LogP contribution is 2.34. The van der Waals surface area contributed by atoms with E-state index in [4.69, 9.17) is 0 Å². The van der Waals surface area contributed by atoms with Crippen molar-refractivity contribution < 1.29 is 13.6 Å². The van der Waals surface area contributed by atoms with Gasteiger partial charge in [0.15, 0.2) is 0 Å². The molecule has 82 valence electrons. The van der Waals surface area contributed by atoms with E-state index in [0.717, 1.165) is 0 Å². The van der Waals surface area contributed by atoms with E-state index in [0.29, 0.717) is 19.4 Å². The molecule has 0 aliphatic carbocycles. The minimum Gasteiger partial charge on any atom is -0.301 e. The number of ketones is 1. The molecule has 0 spiro atoms. The van der Waals surface area contributed by atoms with E-state index in [1.165, 1.54) is 0 Å². The summed E-state index contributed by atoms with van der Waals surface area (Å²) in [5, 5.41) is 0. The van der Waals surface area contributed by atoms with Crippen LogP contribution in [0.15, 0.2) is 0 Å². The highest BCUT2D eigenvalue weighted by atomic mass is 19.3. The number of hydrogen-bond donors (Lipinski definition) is 0. The van der Waals surface area contributed by atoms with Crippen LogP contribution in [0.25, 0.3) is 0 Å². The summed E-state index contributed by atoms with van der Waals surface area (Å²) in [6.45, 7) is 2.17. The molecule has 0 bridgehead atoms. The Morgan fingerprint density at radius 2 is 2.21 bits per heavy atom. The molecular formula is C10H17F2NO. The van der Waals surface area contributed by atoms with Gasteiger partial charge in [0, 0.05) is 18.8 Å². The molecule has 0 saturated carbocycles. The summed E-state index contributed by atoms with van der Waals surface area (Å²) in [5.74, 6) is -3.50. The van der Waals surface area contributed by atoms with Crippen molar-refractivity contribution in [3.8, 4) is 0 Å². The number of piperidine rings is 1. The van der Waals surface area contributed by atoms with Gasteiger partial charge in [-0.15, -0.1) is 0 Å². The minimum atomic E-state index is -2.70. The van der Waals surface area contributed by atoms with Crippen molar-refractivity contribution >= 4 is 5.78 Å². The fourth-order valence-electron chi connectivity index (χ4n) is 1.83. The largest absolute Gasteiger partial charge is 0.301 e. The zero-order valence-corrected chi connectivity index (χ0v) is 8.72. The number of halogens is 2. The van der Waals surface area contributed by atoms with Crippen LogP contribution >= 0.6 is 0 Å². The molecule has 2 nitrogen and oxygen atoms in total. The maximum atomic E-state index is 13.4. The third-order valence-corrected chi connectivity index (χ3v) is 2.81. The zero-order chi connectivity index (χ0) is 10.8. The lowest BCUT2D eigenvalue weighted by atomic mass is 9.88. The Hall–Kier alpha value is -0.510. The monoisotopic (exact) mass is 205 g/mol. The molecule has 0 radical (unpaired) electrons. The van der Waals surface area contributed by atoms with Gasteiger partial charge in [0.2, 0.25) is 0 Å². The molecule has 0 aromatic rings. The molecule has 0 aromatic carbocycles. The van der Waals surface area contributed by atoms with Gasteiger partial charge in [-0.25, -0.2) is 8.78 Å². The summed E-state index contributed by atoms with van der Waals surface area (Å²) < 4.78 is 26.8. The van der Waals surface area contributed by atoms with E-state index in [9.17, 15) is 13.6 Å². The van der Waals surface area contributed by atoms with E-state index in [1.54, 1.807) is 18.9 Å². The average molecular weight is 205 g/mol. The molecule has 1 saturated heterocycles. The SMILES string of the molecule is CCC(=O)C[C@H]1CCN(C)CC1(F)F. The molecule has 1 aliphatic heterocycles. The van der Waals surface area contributed by atoms with Crippen molar-refractivity contribution in [1.82, 2.24) is 4.90 Å². The van der Waals surface area contributed by atoms with E-state index >= 15 is 0 Å². The first-order valence-corrected chi connectivity index (χ1v) is 5.03. The quantitative estimate of drug-likeness (QED) is 0.701. The summed E-state index contributed by atoms with van der Waals surface area (Å²) in [7, 11) is 1.69. The van der Waals surface area contributed by atoms with E-state index in [2.05, 4.69) is 0 Å². The van der Waals surface area contributed by atoms with Crippen LogP contribution in [0.5, 0.6) is 0 Å². The summed E-state index contributed by atoms with van der Waals surface area (Å²) >= 11 is 0. The lowest BCUT2D eigenvalue weighted by Gasteiger charge is -2.36. The Balaban J connectivity index is 2.56. The molecule has 1 fully saturated rings. The number of nitrogens with zero attached hydrogens (tertiary/aromatic N) is 1. The second-order valence-corrected chi connectivity index (χ2v) is 4.08. The lowest BCUT2D eigenvalue weighted by molar-refractivity contribution is -0.132. The van der Waals surface area contributed by atoms with Gasteiger partial charge in [-0.3, -0.25) is 4.79 Å². The number of hydrogen-bond acceptors (Lipinski definition) is 2. The van der Waals surface area contributed by atoms with Gasteiger partial charge < -0.3 is 4.90 Å². The predicted molar refractivity (Wildman–Crippen MR) is 50.5 cm³/mol. The average Bonchev–Trinajstić information content (AvgIpc) is 2.08. The van der Waals surface area contributed by atoms with Crippen LogP contribution in [0.2, 0.25) is 0 Å². The Morgan fingerprint density at radius 1 is 1.57 bits per heavy atom.